The predicted octanol–water partition coefficient (Wildman–Crippen LogP) is 2.80. The number of likely N-dealkylation sites (tertiary alicyclic amines) is 1. The van der Waals surface area contributed by atoms with Crippen LogP contribution in [0.4, 0.5) is 5.82 Å². The van der Waals surface area contributed by atoms with Crippen molar-refractivity contribution in [2.45, 2.75) is 52.0 Å². The van der Waals surface area contributed by atoms with Crippen LogP contribution in [0, 0.1) is 12.8 Å². The third-order valence-corrected chi connectivity index (χ3v) is 6.04. The first kappa shape index (κ1) is 22.9. The molecule has 9 heteroatoms. The molecule has 2 aromatic rings. The Morgan fingerprint density at radius 2 is 2.00 bits per heavy atom. The fourth-order valence-electron chi connectivity index (χ4n) is 3.95. The van der Waals surface area contributed by atoms with Crippen molar-refractivity contribution in [3.05, 3.63) is 46.6 Å². The molecular formula is C22H29ClN6O2. The van der Waals surface area contributed by atoms with E-state index in [1.807, 2.05) is 4.90 Å². The first-order chi connectivity index (χ1) is 14.8. The molecule has 166 valence electrons. The summed E-state index contributed by atoms with van der Waals surface area (Å²) in [5, 5.41) is 3.21. The number of hydrogen-bond donors (Lipinski definition) is 2. The summed E-state index contributed by atoms with van der Waals surface area (Å²) in [6.07, 6.45) is 7.62. The highest BCUT2D eigenvalue weighted by molar-refractivity contribution is 6.30. The molecule has 0 radical (unpaired) electrons. The summed E-state index contributed by atoms with van der Waals surface area (Å²) in [5.74, 6) is 1.16. The summed E-state index contributed by atoms with van der Waals surface area (Å²) in [6, 6.07) is 2.67. The molecule has 1 aliphatic heterocycles. The van der Waals surface area contributed by atoms with Crippen molar-refractivity contribution in [1.29, 1.82) is 0 Å². The van der Waals surface area contributed by atoms with E-state index in [0.717, 1.165) is 37.7 Å². The Bertz CT molecular complexity index is 900. The van der Waals surface area contributed by atoms with Crippen molar-refractivity contribution >= 4 is 29.2 Å². The maximum Gasteiger partial charge on any atom is 0.252 e. The summed E-state index contributed by atoms with van der Waals surface area (Å²) in [5.41, 5.74) is 7.31. The average Bonchev–Trinajstić information content (AvgIpc) is 2.98. The fourth-order valence-corrected chi connectivity index (χ4v) is 4.27. The molecule has 0 bridgehead atoms. The normalized spacial score (nSPS) is 17.6. The molecule has 0 unspecified atom stereocenters. The quantitative estimate of drug-likeness (QED) is 0.662. The number of hydrogen-bond acceptors (Lipinski definition) is 6. The van der Waals surface area contributed by atoms with E-state index in [2.05, 4.69) is 20.3 Å². The minimum Gasteiger partial charge on any atom is -0.383 e. The van der Waals surface area contributed by atoms with Gasteiger partial charge in [0.25, 0.3) is 5.91 Å². The first-order valence-corrected chi connectivity index (χ1v) is 11.0. The van der Waals surface area contributed by atoms with Crippen LogP contribution < -0.4 is 11.1 Å². The third kappa shape index (κ3) is 6.13. The van der Waals surface area contributed by atoms with Gasteiger partial charge in [0, 0.05) is 36.6 Å². The van der Waals surface area contributed by atoms with Crippen molar-refractivity contribution in [1.82, 2.24) is 25.2 Å². The number of rotatable bonds is 6. The number of nitrogens with one attached hydrogen (secondary N) is 1. The molecular weight excluding hydrogens is 416 g/mol. The van der Waals surface area contributed by atoms with Crippen LogP contribution in [0.1, 0.15) is 54.4 Å². The lowest BCUT2D eigenvalue weighted by Crippen LogP contribution is -2.47. The van der Waals surface area contributed by atoms with Crippen LogP contribution in [-0.4, -0.2) is 50.8 Å². The summed E-state index contributed by atoms with van der Waals surface area (Å²) in [4.78, 5) is 39.4. The molecule has 1 fully saturated rings. The molecule has 2 amide bonds. The molecule has 3 N–H and O–H groups in total. The second kappa shape index (κ2) is 10.5. The van der Waals surface area contributed by atoms with E-state index < -0.39 is 6.04 Å². The van der Waals surface area contributed by atoms with Crippen LogP contribution >= 0.6 is 11.6 Å². The molecule has 0 saturated carbocycles. The van der Waals surface area contributed by atoms with Gasteiger partial charge in [0.2, 0.25) is 5.91 Å². The standard InChI is InChI=1S/C22H29ClN6O2/c1-14(26-21(30)17-7-10-25-11-8-17)22(31)29-12-3-4-16(9-13-29)5-6-18-19(23)27-15(2)28-20(18)24/h7-8,10-11,14,16H,3-6,9,12-13H2,1-2H3,(H,26,30)(H2,24,27,28)/t14-,16+/m0/s1. The van der Waals surface area contributed by atoms with Crippen LogP contribution in [-0.2, 0) is 11.2 Å². The van der Waals surface area contributed by atoms with Crippen molar-refractivity contribution in [3.63, 3.8) is 0 Å². The van der Waals surface area contributed by atoms with Gasteiger partial charge in [-0.15, -0.1) is 0 Å². The monoisotopic (exact) mass is 444 g/mol. The van der Waals surface area contributed by atoms with E-state index in [1.165, 1.54) is 0 Å². The van der Waals surface area contributed by atoms with Gasteiger partial charge in [-0.2, -0.15) is 0 Å². The number of halogens is 1. The highest BCUT2D eigenvalue weighted by Gasteiger charge is 2.26. The Morgan fingerprint density at radius 1 is 1.26 bits per heavy atom. The van der Waals surface area contributed by atoms with Crippen LogP contribution in [0.25, 0.3) is 0 Å². The van der Waals surface area contributed by atoms with E-state index in [4.69, 9.17) is 17.3 Å². The van der Waals surface area contributed by atoms with Gasteiger partial charge in [0.1, 0.15) is 22.8 Å². The van der Waals surface area contributed by atoms with Gasteiger partial charge in [-0.25, -0.2) is 9.97 Å². The molecule has 2 aromatic heterocycles. The van der Waals surface area contributed by atoms with Gasteiger partial charge in [-0.05, 0) is 64.0 Å². The Balaban J connectivity index is 1.51. The zero-order valence-corrected chi connectivity index (χ0v) is 18.7. The maximum absolute atomic E-state index is 12.9. The molecule has 3 rings (SSSR count). The molecule has 0 spiro atoms. The van der Waals surface area contributed by atoms with E-state index in [1.54, 1.807) is 38.4 Å². The van der Waals surface area contributed by atoms with Gasteiger partial charge in [-0.1, -0.05) is 11.6 Å². The Morgan fingerprint density at radius 3 is 2.71 bits per heavy atom. The summed E-state index contributed by atoms with van der Waals surface area (Å²) in [6.45, 7) is 4.86. The van der Waals surface area contributed by atoms with Gasteiger partial charge < -0.3 is 16.0 Å². The molecule has 0 aromatic carbocycles. The lowest BCUT2D eigenvalue weighted by molar-refractivity contribution is -0.132. The lowest BCUT2D eigenvalue weighted by atomic mass is 9.93. The zero-order valence-electron chi connectivity index (χ0n) is 18.0. The fraction of sp³-hybridized carbons (Fsp3) is 0.500. The number of pyridine rings is 1. The van der Waals surface area contributed by atoms with Crippen molar-refractivity contribution in [2.75, 3.05) is 18.8 Å². The largest absolute Gasteiger partial charge is 0.383 e. The molecule has 1 saturated heterocycles. The Hall–Kier alpha value is -2.74. The number of aromatic nitrogens is 3. The van der Waals surface area contributed by atoms with E-state index in [-0.39, 0.29) is 11.8 Å². The third-order valence-electron chi connectivity index (χ3n) is 5.72. The van der Waals surface area contributed by atoms with Gasteiger partial charge in [0.05, 0.1) is 0 Å². The predicted molar refractivity (Wildman–Crippen MR) is 120 cm³/mol. The van der Waals surface area contributed by atoms with Gasteiger partial charge in [-0.3, -0.25) is 14.6 Å². The molecule has 0 aliphatic carbocycles. The van der Waals surface area contributed by atoms with Crippen molar-refractivity contribution in [2.24, 2.45) is 5.92 Å². The average molecular weight is 445 g/mol. The topological polar surface area (TPSA) is 114 Å². The van der Waals surface area contributed by atoms with Crippen LogP contribution in [0.15, 0.2) is 24.5 Å². The summed E-state index contributed by atoms with van der Waals surface area (Å²) < 4.78 is 0. The Labute approximate surface area is 187 Å². The maximum atomic E-state index is 12.9. The minimum absolute atomic E-state index is 0.0534. The number of anilines is 1. The molecule has 2 atom stereocenters. The molecule has 8 nitrogen and oxygen atoms in total. The van der Waals surface area contributed by atoms with Gasteiger partial charge in [0.15, 0.2) is 0 Å². The van der Waals surface area contributed by atoms with Gasteiger partial charge >= 0.3 is 0 Å². The van der Waals surface area contributed by atoms with Crippen LogP contribution in [0.2, 0.25) is 5.15 Å². The van der Waals surface area contributed by atoms with E-state index in [0.29, 0.717) is 41.4 Å². The number of amides is 2. The molecule has 31 heavy (non-hydrogen) atoms. The van der Waals surface area contributed by atoms with Crippen LogP contribution in [0.3, 0.4) is 0 Å². The number of carbonyl (C=O) groups excluding carboxylic acids is 2. The SMILES string of the molecule is Cc1nc(N)c(CC[C@H]2CCCN(C(=O)[C@H](C)NC(=O)c3ccncc3)CC2)c(Cl)n1. The minimum atomic E-state index is -0.583. The number of aryl methyl sites for hydroxylation is 1. The number of nitrogens with two attached hydrogens (primary N) is 1. The second-order valence-electron chi connectivity index (χ2n) is 8.02. The summed E-state index contributed by atoms with van der Waals surface area (Å²) in [7, 11) is 0. The zero-order chi connectivity index (χ0) is 22.4. The van der Waals surface area contributed by atoms with Crippen molar-refractivity contribution in [3.8, 4) is 0 Å². The van der Waals surface area contributed by atoms with E-state index in [9.17, 15) is 9.59 Å². The smallest absolute Gasteiger partial charge is 0.252 e. The lowest BCUT2D eigenvalue weighted by Gasteiger charge is -2.25. The first-order valence-electron chi connectivity index (χ1n) is 10.6. The molecule has 3 heterocycles. The number of carbonyl (C=O) groups is 2. The van der Waals surface area contributed by atoms with Crippen molar-refractivity contribution < 1.29 is 9.59 Å². The summed E-state index contributed by atoms with van der Waals surface area (Å²) >= 11 is 6.25. The van der Waals surface area contributed by atoms with E-state index >= 15 is 0 Å². The van der Waals surface area contributed by atoms with Crippen LogP contribution in [0.5, 0.6) is 0 Å². The Kier molecular flexibility index (Phi) is 7.79. The highest BCUT2D eigenvalue weighted by Crippen LogP contribution is 2.27. The highest BCUT2D eigenvalue weighted by atomic mass is 35.5. The second-order valence-corrected chi connectivity index (χ2v) is 8.38. The number of nitrogens with zero attached hydrogens (tertiary/aromatic N) is 4. The molecule has 1 aliphatic rings. The number of nitrogen functional groups attached to an aromatic ring is 1.